The lowest BCUT2D eigenvalue weighted by atomic mass is 10.1. The van der Waals surface area contributed by atoms with Crippen LogP contribution in [0.5, 0.6) is 5.75 Å². The fraction of sp³-hybridized carbons (Fsp3) is 0.417. The standard InChI is InChI=1S/C24H29F4N3O2S/c1-34-23(31-30-15-20(29)16-32)18-9-12-22(21(14-18)24(26,27)28)33-13-5-3-2-4-6-17-7-10-19(25)11-8-17/h7-12,14-15,20,32H,2-6,13,16,29H2,1H3/b30-15+,31-23-. The summed E-state index contributed by atoms with van der Waals surface area (Å²) in [4.78, 5) is 0. The van der Waals surface area contributed by atoms with E-state index in [1.807, 2.05) is 0 Å². The maximum Gasteiger partial charge on any atom is 0.419 e. The van der Waals surface area contributed by atoms with E-state index in [-0.39, 0.29) is 35.4 Å². The van der Waals surface area contributed by atoms with Crippen LogP contribution in [0, 0.1) is 5.82 Å². The minimum atomic E-state index is -4.59. The molecule has 0 aliphatic carbocycles. The molecule has 34 heavy (non-hydrogen) atoms. The molecule has 0 amide bonds. The molecule has 10 heteroatoms. The summed E-state index contributed by atoms with van der Waals surface area (Å²) in [5.41, 5.74) is 5.94. The summed E-state index contributed by atoms with van der Waals surface area (Å²) in [7, 11) is 0. The van der Waals surface area contributed by atoms with Gasteiger partial charge in [-0.2, -0.15) is 18.3 Å². The number of hydrogen-bond acceptors (Lipinski definition) is 6. The van der Waals surface area contributed by atoms with Crippen LogP contribution >= 0.6 is 11.8 Å². The quantitative estimate of drug-likeness (QED) is 0.134. The van der Waals surface area contributed by atoms with E-state index < -0.39 is 17.8 Å². The number of aliphatic hydroxyl groups is 1. The van der Waals surface area contributed by atoms with Gasteiger partial charge in [0, 0.05) is 11.8 Å². The maximum absolute atomic E-state index is 13.6. The number of aliphatic hydroxyl groups excluding tert-OH is 1. The van der Waals surface area contributed by atoms with Gasteiger partial charge < -0.3 is 15.6 Å². The molecule has 2 aromatic carbocycles. The normalized spacial score (nSPS) is 13.4. The van der Waals surface area contributed by atoms with Crippen LogP contribution in [0.15, 0.2) is 52.7 Å². The zero-order chi connectivity index (χ0) is 25.0. The van der Waals surface area contributed by atoms with Gasteiger partial charge in [-0.05, 0) is 61.4 Å². The number of unbranched alkanes of at least 4 members (excludes halogenated alkanes) is 3. The van der Waals surface area contributed by atoms with Crippen LogP contribution in [0.4, 0.5) is 17.6 Å². The maximum atomic E-state index is 13.6. The Balaban J connectivity index is 1.92. The third kappa shape index (κ3) is 9.44. The van der Waals surface area contributed by atoms with Crippen molar-refractivity contribution in [2.24, 2.45) is 15.9 Å². The van der Waals surface area contributed by atoms with E-state index >= 15 is 0 Å². The zero-order valence-corrected chi connectivity index (χ0v) is 19.7. The molecule has 0 aliphatic rings. The molecule has 186 valence electrons. The van der Waals surface area contributed by atoms with Gasteiger partial charge in [0.15, 0.2) is 0 Å². The predicted octanol–water partition coefficient (Wildman–Crippen LogP) is 5.44. The third-order valence-corrected chi connectivity index (χ3v) is 5.58. The Bertz CT molecular complexity index is 950. The molecule has 5 nitrogen and oxygen atoms in total. The molecule has 0 bridgehead atoms. The van der Waals surface area contributed by atoms with Crippen LogP contribution in [0.1, 0.15) is 42.4 Å². The second-order valence-electron chi connectivity index (χ2n) is 7.57. The van der Waals surface area contributed by atoms with Crippen LogP contribution in [-0.2, 0) is 12.6 Å². The Morgan fingerprint density at radius 1 is 1.12 bits per heavy atom. The Morgan fingerprint density at radius 3 is 2.47 bits per heavy atom. The molecular weight excluding hydrogens is 470 g/mol. The summed E-state index contributed by atoms with van der Waals surface area (Å²) in [5, 5.41) is 16.8. The summed E-state index contributed by atoms with van der Waals surface area (Å²) in [6.07, 6.45) is 2.39. The Morgan fingerprint density at radius 2 is 1.82 bits per heavy atom. The Hall–Kier alpha value is -2.43. The molecule has 0 heterocycles. The van der Waals surface area contributed by atoms with E-state index in [2.05, 4.69) is 10.2 Å². The van der Waals surface area contributed by atoms with E-state index in [1.165, 1.54) is 30.5 Å². The van der Waals surface area contributed by atoms with Gasteiger partial charge >= 0.3 is 6.18 Å². The second kappa shape index (κ2) is 14.1. The first-order chi connectivity index (χ1) is 16.2. The molecule has 0 aliphatic heterocycles. The molecular formula is C24H29F4N3O2S. The number of aryl methyl sites for hydroxylation is 1. The lowest BCUT2D eigenvalue weighted by Crippen LogP contribution is -2.25. The highest BCUT2D eigenvalue weighted by Crippen LogP contribution is 2.37. The number of halogens is 4. The van der Waals surface area contributed by atoms with Crippen molar-refractivity contribution in [1.82, 2.24) is 0 Å². The fourth-order valence-corrected chi connectivity index (χ4v) is 3.55. The first-order valence-corrected chi connectivity index (χ1v) is 12.1. The number of alkyl halides is 3. The smallest absolute Gasteiger partial charge is 0.419 e. The molecule has 0 spiro atoms. The van der Waals surface area contributed by atoms with Crippen molar-refractivity contribution in [2.75, 3.05) is 19.5 Å². The molecule has 0 radical (unpaired) electrons. The van der Waals surface area contributed by atoms with Crippen LogP contribution in [-0.4, -0.2) is 41.9 Å². The highest BCUT2D eigenvalue weighted by Gasteiger charge is 2.35. The zero-order valence-electron chi connectivity index (χ0n) is 18.9. The van der Waals surface area contributed by atoms with Gasteiger partial charge in [-0.1, -0.05) is 25.0 Å². The number of rotatable bonds is 12. The van der Waals surface area contributed by atoms with E-state index in [0.29, 0.717) is 6.42 Å². The van der Waals surface area contributed by atoms with Crippen molar-refractivity contribution in [2.45, 2.75) is 44.3 Å². The van der Waals surface area contributed by atoms with Crippen LogP contribution in [0.25, 0.3) is 0 Å². The third-order valence-electron chi connectivity index (χ3n) is 4.87. The molecule has 1 atom stereocenters. The van der Waals surface area contributed by atoms with Gasteiger partial charge in [-0.25, -0.2) is 4.39 Å². The monoisotopic (exact) mass is 499 g/mol. The van der Waals surface area contributed by atoms with Crippen LogP contribution in [0.3, 0.4) is 0 Å². The molecule has 0 aromatic heterocycles. The van der Waals surface area contributed by atoms with Crippen molar-refractivity contribution in [3.05, 3.63) is 65.0 Å². The lowest BCUT2D eigenvalue weighted by molar-refractivity contribution is -0.139. The van der Waals surface area contributed by atoms with Gasteiger partial charge in [0.25, 0.3) is 0 Å². The number of nitrogens with zero attached hydrogens (tertiary/aromatic N) is 2. The molecule has 3 N–H and O–H groups in total. The summed E-state index contributed by atoms with van der Waals surface area (Å²) in [5.74, 6) is -0.491. The van der Waals surface area contributed by atoms with Crippen LogP contribution < -0.4 is 10.5 Å². The molecule has 0 fully saturated rings. The van der Waals surface area contributed by atoms with Crippen molar-refractivity contribution in [3.8, 4) is 5.75 Å². The van der Waals surface area contributed by atoms with Crippen molar-refractivity contribution in [1.29, 1.82) is 0 Å². The number of ether oxygens (including phenoxy) is 1. The van der Waals surface area contributed by atoms with Gasteiger partial charge in [-0.15, -0.1) is 16.9 Å². The predicted molar refractivity (Wildman–Crippen MR) is 129 cm³/mol. The molecule has 0 saturated heterocycles. The van der Waals surface area contributed by atoms with Crippen molar-refractivity contribution >= 4 is 23.0 Å². The Kier molecular flexibility index (Phi) is 11.5. The minimum absolute atomic E-state index is 0.172. The van der Waals surface area contributed by atoms with E-state index in [1.54, 1.807) is 18.4 Å². The highest BCUT2D eigenvalue weighted by atomic mass is 32.2. The van der Waals surface area contributed by atoms with Crippen LogP contribution in [0.2, 0.25) is 0 Å². The van der Waals surface area contributed by atoms with E-state index in [4.69, 9.17) is 15.6 Å². The van der Waals surface area contributed by atoms with E-state index in [9.17, 15) is 17.6 Å². The lowest BCUT2D eigenvalue weighted by Gasteiger charge is -2.15. The molecule has 2 rings (SSSR count). The Labute approximate surface area is 201 Å². The number of nitrogens with two attached hydrogens (primary N) is 1. The molecule has 2 aromatic rings. The average Bonchev–Trinajstić information content (AvgIpc) is 2.81. The first-order valence-electron chi connectivity index (χ1n) is 10.8. The molecule has 1 unspecified atom stereocenters. The summed E-state index contributed by atoms with van der Waals surface area (Å²) in [6, 6.07) is 9.47. The van der Waals surface area contributed by atoms with Gasteiger partial charge in [0.1, 0.15) is 16.6 Å². The topological polar surface area (TPSA) is 80.2 Å². The first kappa shape index (κ1) is 27.8. The number of benzene rings is 2. The average molecular weight is 500 g/mol. The second-order valence-corrected chi connectivity index (χ2v) is 8.36. The summed E-state index contributed by atoms with van der Waals surface area (Å²) >= 11 is 1.14. The van der Waals surface area contributed by atoms with E-state index in [0.717, 1.165) is 49.1 Å². The minimum Gasteiger partial charge on any atom is -0.493 e. The van der Waals surface area contributed by atoms with Crippen molar-refractivity contribution < 1.29 is 27.4 Å². The fourth-order valence-electron chi connectivity index (χ4n) is 3.06. The number of hydrogen-bond donors (Lipinski definition) is 2. The highest BCUT2D eigenvalue weighted by molar-refractivity contribution is 8.13. The van der Waals surface area contributed by atoms with Crippen molar-refractivity contribution in [3.63, 3.8) is 0 Å². The van der Waals surface area contributed by atoms with Gasteiger partial charge in [0.2, 0.25) is 0 Å². The summed E-state index contributed by atoms with van der Waals surface area (Å²) < 4.78 is 59.3. The SMILES string of the molecule is CS/C(=N\N=C\C(N)CO)c1ccc(OCCCCCCc2ccc(F)cc2)c(C(F)(F)F)c1. The number of thioether (sulfide) groups is 1. The summed E-state index contributed by atoms with van der Waals surface area (Å²) in [6.45, 7) is -0.141. The van der Waals surface area contributed by atoms with Gasteiger partial charge in [0.05, 0.1) is 24.8 Å². The largest absolute Gasteiger partial charge is 0.493 e. The molecule has 0 saturated carbocycles. The van der Waals surface area contributed by atoms with Gasteiger partial charge in [-0.3, -0.25) is 0 Å².